The molecule has 0 saturated carbocycles. The summed E-state index contributed by atoms with van der Waals surface area (Å²) in [4.78, 5) is 5.93. The predicted molar refractivity (Wildman–Crippen MR) is 95.9 cm³/mol. The van der Waals surface area contributed by atoms with Gasteiger partial charge < -0.3 is 15.2 Å². The normalized spacial score (nSPS) is 12.2. The fourth-order valence-corrected chi connectivity index (χ4v) is 3.54. The van der Waals surface area contributed by atoms with E-state index in [-0.39, 0.29) is 5.92 Å². The topological polar surface area (TPSA) is 57.4 Å². The number of hydrogen-bond acceptors (Lipinski definition) is 5. The van der Waals surface area contributed by atoms with Crippen LogP contribution < -0.4 is 15.2 Å². The number of aryl methyl sites for hydroxylation is 2. The second kappa shape index (κ2) is 8.31. The Hall–Kier alpha value is -1.59. The number of benzene rings is 1. The first-order chi connectivity index (χ1) is 11.1. The van der Waals surface area contributed by atoms with Gasteiger partial charge in [-0.25, -0.2) is 4.98 Å². The molecule has 0 spiro atoms. The minimum atomic E-state index is 0.198. The van der Waals surface area contributed by atoms with E-state index in [0.29, 0.717) is 19.8 Å². The standard InChI is InChI=1S/C18H26N2O2S/c1-5-21-16-9-7-8-14(17(16)22-6-2)10-15(11-19)18-20-12(3)13(4)23-18/h7-9,15H,5-6,10-11,19H2,1-4H3. The molecule has 0 radical (unpaired) electrons. The molecule has 0 aliphatic rings. The molecule has 126 valence electrons. The molecule has 4 nitrogen and oxygen atoms in total. The van der Waals surface area contributed by atoms with Gasteiger partial charge in [0, 0.05) is 17.3 Å². The van der Waals surface area contributed by atoms with Crippen molar-refractivity contribution in [3.8, 4) is 11.5 Å². The smallest absolute Gasteiger partial charge is 0.164 e. The van der Waals surface area contributed by atoms with Crippen LogP contribution in [-0.2, 0) is 6.42 Å². The van der Waals surface area contributed by atoms with Crippen molar-refractivity contribution < 1.29 is 9.47 Å². The van der Waals surface area contributed by atoms with Gasteiger partial charge in [0.25, 0.3) is 0 Å². The van der Waals surface area contributed by atoms with Crippen LogP contribution in [0.5, 0.6) is 11.5 Å². The highest BCUT2D eigenvalue weighted by Gasteiger charge is 2.19. The van der Waals surface area contributed by atoms with Gasteiger partial charge in [-0.3, -0.25) is 0 Å². The maximum Gasteiger partial charge on any atom is 0.164 e. The van der Waals surface area contributed by atoms with Gasteiger partial charge >= 0.3 is 0 Å². The van der Waals surface area contributed by atoms with E-state index in [1.807, 2.05) is 32.9 Å². The minimum Gasteiger partial charge on any atom is -0.490 e. The maximum absolute atomic E-state index is 6.03. The monoisotopic (exact) mass is 334 g/mol. The molecule has 1 aromatic heterocycles. The van der Waals surface area contributed by atoms with Crippen LogP contribution in [0.4, 0.5) is 0 Å². The Labute approximate surface area is 142 Å². The molecule has 0 amide bonds. The van der Waals surface area contributed by atoms with Gasteiger partial charge in [0.15, 0.2) is 11.5 Å². The van der Waals surface area contributed by atoms with Crippen LogP contribution in [0.2, 0.25) is 0 Å². The van der Waals surface area contributed by atoms with Gasteiger partial charge in [0.2, 0.25) is 0 Å². The lowest BCUT2D eigenvalue weighted by molar-refractivity contribution is 0.285. The second-order valence-corrected chi connectivity index (χ2v) is 6.68. The second-order valence-electron chi connectivity index (χ2n) is 5.44. The summed E-state index contributed by atoms with van der Waals surface area (Å²) in [5.41, 5.74) is 8.25. The number of thiazole rings is 1. The van der Waals surface area contributed by atoms with Crippen molar-refractivity contribution in [2.75, 3.05) is 19.8 Å². The van der Waals surface area contributed by atoms with Crippen LogP contribution >= 0.6 is 11.3 Å². The van der Waals surface area contributed by atoms with Crippen LogP contribution in [0.3, 0.4) is 0 Å². The molecule has 2 rings (SSSR count). The van der Waals surface area contributed by atoms with Crippen LogP contribution in [0.1, 0.15) is 40.9 Å². The van der Waals surface area contributed by atoms with E-state index < -0.39 is 0 Å². The molecule has 1 heterocycles. The summed E-state index contributed by atoms with van der Waals surface area (Å²) in [7, 11) is 0. The molecule has 1 aromatic carbocycles. The summed E-state index contributed by atoms with van der Waals surface area (Å²) in [6.45, 7) is 9.91. The Balaban J connectivity index is 2.31. The summed E-state index contributed by atoms with van der Waals surface area (Å²) >= 11 is 1.74. The van der Waals surface area contributed by atoms with E-state index in [4.69, 9.17) is 15.2 Å². The van der Waals surface area contributed by atoms with Gasteiger partial charge in [-0.05, 0) is 45.7 Å². The lowest BCUT2D eigenvalue weighted by Gasteiger charge is -2.18. The quantitative estimate of drug-likeness (QED) is 0.797. The van der Waals surface area contributed by atoms with Gasteiger partial charge in [0.05, 0.1) is 23.9 Å². The van der Waals surface area contributed by atoms with E-state index in [0.717, 1.165) is 34.2 Å². The largest absolute Gasteiger partial charge is 0.490 e. The van der Waals surface area contributed by atoms with Crippen LogP contribution in [0.15, 0.2) is 18.2 Å². The van der Waals surface area contributed by atoms with Crippen molar-refractivity contribution in [3.05, 3.63) is 39.3 Å². The molecule has 0 fully saturated rings. The van der Waals surface area contributed by atoms with Crippen LogP contribution in [0.25, 0.3) is 0 Å². The average Bonchev–Trinajstić information content (AvgIpc) is 2.87. The molecular weight excluding hydrogens is 308 g/mol. The first kappa shape index (κ1) is 17.8. The highest BCUT2D eigenvalue weighted by atomic mass is 32.1. The Morgan fingerprint density at radius 1 is 1.17 bits per heavy atom. The van der Waals surface area contributed by atoms with E-state index in [1.54, 1.807) is 11.3 Å². The zero-order valence-electron chi connectivity index (χ0n) is 14.4. The van der Waals surface area contributed by atoms with E-state index >= 15 is 0 Å². The molecule has 2 N–H and O–H groups in total. The molecule has 0 aliphatic carbocycles. The Morgan fingerprint density at radius 3 is 2.48 bits per heavy atom. The summed E-state index contributed by atoms with van der Waals surface area (Å²) in [5.74, 6) is 1.83. The zero-order valence-corrected chi connectivity index (χ0v) is 15.2. The summed E-state index contributed by atoms with van der Waals surface area (Å²) < 4.78 is 11.6. The first-order valence-electron chi connectivity index (χ1n) is 8.12. The summed E-state index contributed by atoms with van der Waals surface area (Å²) in [6, 6.07) is 6.05. The van der Waals surface area contributed by atoms with Crippen LogP contribution in [0, 0.1) is 13.8 Å². The summed E-state index contributed by atoms with van der Waals surface area (Å²) in [5, 5.41) is 1.10. The van der Waals surface area contributed by atoms with Gasteiger partial charge in [0.1, 0.15) is 0 Å². The first-order valence-corrected chi connectivity index (χ1v) is 8.93. The van der Waals surface area contributed by atoms with Crippen molar-refractivity contribution in [3.63, 3.8) is 0 Å². The van der Waals surface area contributed by atoms with Crippen molar-refractivity contribution >= 4 is 11.3 Å². The molecule has 1 atom stereocenters. The highest BCUT2D eigenvalue weighted by molar-refractivity contribution is 7.11. The van der Waals surface area contributed by atoms with Crippen molar-refractivity contribution in [1.82, 2.24) is 4.98 Å². The molecule has 0 bridgehead atoms. The maximum atomic E-state index is 6.03. The van der Waals surface area contributed by atoms with Gasteiger partial charge in [-0.2, -0.15) is 0 Å². The number of rotatable bonds is 8. The van der Waals surface area contributed by atoms with E-state index in [2.05, 4.69) is 18.0 Å². The third-order valence-corrected chi connectivity index (χ3v) is 5.03. The van der Waals surface area contributed by atoms with Gasteiger partial charge in [-0.1, -0.05) is 12.1 Å². The number of aromatic nitrogens is 1. The van der Waals surface area contributed by atoms with E-state index in [1.165, 1.54) is 4.88 Å². The summed E-state index contributed by atoms with van der Waals surface area (Å²) in [6.07, 6.45) is 0.805. The molecule has 5 heteroatoms. The zero-order chi connectivity index (χ0) is 16.8. The Bertz CT molecular complexity index is 620. The van der Waals surface area contributed by atoms with Gasteiger partial charge in [-0.15, -0.1) is 11.3 Å². The third-order valence-electron chi connectivity index (χ3n) is 3.79. The third kappa shape index (κ3) is 4.24. The van der Waals surface area contributed by atoms with E-state index in [9.17, 15) is 0 Å². The molecule has 23 heavy (non-hydrogen) atoms. The number of para-hydroxylation sites is 1. The minimum absolute atomic E-state index is 0.198. The number of hydrogen-bond donors (Lipinski definition) is 1. The van der Waals surface area contributed by atoms with Crippen molar-refractivity contribution in [2.45, 2.75) is 40.0 Å². The molecule has 0 aliphatic heterocycles. The van der Waals surface area contributed by atoms with Crippen LogP contribution in [-0.4, -0.2) is 24.7 Å². The fourth-order valence-electron chi connectivity index (χ4n) is 2.51. The Morgan fingerprint density at radius 2 is 1.91 bits per heavy atom. The SMILES string of the molecule is CCOc1cccc(CC(CN)c2nc(C)c(C)s2)c1OCC. The molecule has 2 aromatic rings. The average molecular weight is 334 g/mol. The molecular formula is C18H26N2O2S. The lowest BCUT2D eigenvalue weighted by atomic mass is 9.99. The predicted octanol–water partition coefficient (Wildman–Crippen LogP) is 3.84. The number of ether oxygens (including phenoxy) is 2. The Kier molecular flexibility index (Phi) is 6.42. The van der Waals surface area contributed by atoms with Crippen molar-refractivity contribution in [2.24, 2.45) is 5.73 Å². The fraction of sp³-hybridized carbons (Fsp3) is 0.500. The highest BCUT2D eigenvalue weighted by Crippen LogP contribution is 2.35. The lowest BCUT2D eigenvalue weighted by Crippen LogP contribution is -2.15. The van der Waals surface area contributed by atoms with Crippen molar-refractivity contribution in [1.29, 1.82) is 0 Å². The molecule has 0 saturated heterocycles. The number of nitrogens with zero attached hydrogens (tertiary/aromatic N) is 1. The number of nitrogens with two attached hydrogens (primary N) is 1. The molecule has 1 unspecified atom stereocenters.